The largest absolute Gasteiger partial charge is 0.395 e. The van der Waals surface area contributed by atoms with Crippen molar-refractivity contribution in [2.75, 3.05) is 13.7 Å². The maximum Gasteiger partial charge on any atom is 0.256 e. The van der Waals surface area contributed by atoms with Crippen LogP contribution in [0.1, 0.15) is 49.0 Å². The van der Waals surface area contributed by atoms with Gasteiger partial charge in [-0.2, -0.15) is 0 Å². The summed E-state index contributed by atoms with van der Waals surface area (Å²) >= 11 is 0. The Balaban J connectivity index is 3.04. The van der Waals surface area contributed by atoms with Crippen molar-refractivity contribution >= 4 is 5.91 Å². The SMILES string of the molecule is CCC(CC)N(C)C(=O)c1cc(C#CCCO)ccc1F. The van der Waals surface area contributed by atoms with Crippen LogP contribution < -0.4 is 0 Å². The zero-order valence-electron chi connectivity index (χ0n) is 12.8. The molecule has 1 aromatic rings. The number of aliphatic hydroxyl groups excluding tert-OH is 1. The molecular weight excluding hydrogens is 269 g/mol. The molecule has 1 N–H and O–H groups in total. The third-order valence-corrected chi connectivity index (χ3v) is 3.48. The van der Waals surface area contributed by atoms with E-state index in [1.807, 2.05) is 13.8 Å². The minimum atomic E-state index is -0.537. The summed E-state index contributed by atoms with van der Waals surface area (Å²) in [6, 6.07) is 4.37. The number of benzene rings is 1. The van der Waals surface area contributed by atoms with E-state index in [-0.39, 0.29) is 24.1 Å². The van der Waals surface area contributed by atoms with E-state index in [4.69, 9.17) is 5.11 Å². The van der Waals surface area contributed by atoms with Crippen molar-refractivity contribution in [1.29, 1.82) is 0 Å². The van der Waals surface area contributed by atoms with Gasteiger partial charge in [0.05, 0.1) is 12.2 Å². The topological polar surface area (TPSA) is 40.5 Å². The first-order valence-electron chi connectivity index (χ1n) is 7.21. The molecule has 0 atom stereocenters. The average molecular weight is 291 g/mol. The third kappa shape index (κ3) is 4.57. The van der Waals surface area contributed by atoms with Gasteiger partial charge in [0.15, 0.2) is 0 Å². The fourth-order valence-corrected chi connectivity index (χ4v) is 2.18. The minimum Gasteiger partial charge on any atom is -0.395 e. The van der Waals surface area contributed by atoms with E-state index in [1.54, 1.807) is 11.9 Å². The summed E-state index contributed by atoms with van der Waals surface area (Å²) in [4.78, 5) is 14.0. The van der Waals surface area contributed by atoms with Gasteiger partial charge in [-0.05, 0) is 31.0 Å². The summed E-state index contributed by atoms with van der Waals surface area (Å²) in [6.07, 6.45) is 2.01. The Morgan fingerprint density at radius 3 is 2.62 bits per heavy atom. The van der Waals surface area contributed by atoms with E-state index in [0.29, 0.717) is 12.0 Å². The number of carbonyl (C=O) groups excluding carboxylic acids is 1. The van der Waals surface area contributed by atoms with Gasteiger partial charge in [-0.15, -0.1) is 0 Å². The number of aliphatic hydroxyl groups is 1. The number of carbonyl (C=O) groups is 1. The predicted molar refractivity (Wildman–Crippen MR) is 81.4 cm³/mol. The summed E-state index contributed by atoms with van der Waals surface area (Å²) in [7, 11) is 1.70. The standard InChI is InChI=1S/C17H22FNO2/c1-4-14(5-2)19(3)17(21)15-12-13(8-6-7-11-20)9-10-16(15)18/h9-10,12,14,20H,4-5,7,11H2,1-3H3. The number of hydrogen-bond acceptors (Lipinski definition) is 2. The molecule has 0 aliphatic heterocycles. The second-order valence-corrected chi connectivity index (χ2v) is 4.86. The van der Waals surface area contributed by atoms with Gasteiger partial charge >= 0.3 is 0 Å². The van der Waals surface area contributed by atoms with Crippen molar-refractivity contribution in [3.05, 3.63) is 35.1 Å². The maximum absolute atomic E-state index is 13.9. The van der Waals surface area contributed by atoms with Gasteiger partial charge in [-0.25, -0.2) is 4.39 Å². The fourth-order valence-electron chi connectivity index (χ4n) is 2.18. The van der Waals surface area contributed by atoms with Crippen molar-refractivity contribution in [2.24, 2.45) is 0 Å². The molecule has 4 heteroatoms. The van der Waals surface area contributed by atoms with Gasteiger partial charge in [0.2, 0.25) is 0 Å². The molecule has 1 rings (SSSR count). The van der Waals surface area contributed by atoms with Crippen LogP contribution in [0.15, 0.2) is 18.2 Å². The van der Waals surface area contributed by atoms with E-state index < -0.39 is 5.82 Å². The lowest BCUT2D eigenvalue weighted by molar-refractivity contribution is 0.0719. The van der Waals surface area contributed by atoms with Crippen molar-refractivity contribution < 1.29 is 14.3 Å². The molecule has 0 saturated carbocycles. The highest BCUT2D eigenvalue weighted by Crippen LogP contribution is 2.16. The smallest absolute Gasteiger partial charge is 0.256 e. The summed E-state index contributed by atoms with van der Waals surface area (Å²) in [5.74, 6) is 4.72. The van der Waals surface area contributed by atoms with E-state index >= 15 is 0 Å². The van der Waals surface area contributed by atoms with Crippen LogP contribution in [0.3, 0.4) is 0 Å². The summed E-state index contributed by atoms with van der Waals surface area (Å²) in [6.45, 7) is 3.99. The molecule has 0 fully saturated rings. The Morgan fingerprint density at radius 1 is 1.38 bits per heavy atom. The maximum atomic E-state index is 13.9. The lowest BCUT2D eigenvalue weighted by Gasteiger charge is -2.26. The van der Waals surface area contributed by atoms with Crippen LogP contribution in [-0.4, -0.2) is 35.6 Å². The fraction of sp³-hybridized carbons (Fsp3) is 0.471. The number of rotatable bonds is 5. The number of amides is 1. The molecule has 0 radical (unpaired) electrons. The Kier molecular flexibility index (Phi) is 6.90. The molecule has 0 spiro atoms. The summed E-state index contributed by atoms with van der Waals surface area (Å²) < 4.78 is 13.9. The second kappa shape index (κ2) is 8.43. The molecule has 0 unspecified atom stereocenters. The highest BCUT2D eigenvalue weighted by atomic mass is 19.1. The van der Waals surface area contributed by atoms with Gasteiger partial charge in [-0.1, -0.05) is 25.7 Å². The Bertz CT molecular complexity index is 541. The molecule has 0 heterocycles. The second-order valence-electron chi connectivity index (χ2n) is 4.86. The number of halogens is 1. The van der Waals surface area contributed by atoms with E-state index in [1.165, 1.54) is 18.2 Å². The van der Waals surface area contributed by atoms with Crippen LogP contribution in [0.2, 0.25) is 0 Å². The molecule has 3 nitrogen and oxygen atoms in total. The average Bonchev–Trinajstić information content (AvgIpc) is 2.49. The quantitative estimate of drug-likeness (QED) is 0.847. The first-order chi connectivity index (χ1) is 10.0. The molecule has 0 aromatic heterocycles. The Labute approximate surface area is 125 Å². The van der Waals surface area contributed by atoms with Crippen LogP contribution in [-0.2, 0) is 0 Å². The van der Waals surface area contributed by atoms with Crippen LogP contribution >= 0.6 is 0 Å². The normalized spacial score (nSPS) is 10.2. The lowest BCUT2D eigenvalue weighted by atomic mass is 10.1. The van der Waals surface area contributed by atoms with Crippen molar-refractivity contribution in [3.63, 3.8) is 0 Å². The molecule has 114 valence electrons. The van der Waals surface area contributed by atoms with Gasteiger partial charge in [0.1, 0.15) is 5.82 Å². The van der Waals surface area contributed by atoms with Gasteiger partial charge in [-0.3, -0.25) is 4.79 Å². The number of nitrogens with zero attached hydrogens (tertiary/aromatic N) is 1. The highest BCUT2D eigenvalue weighted by molar-refractivity contribution is 5.94. The van der Waals surface area contributed by atoms with Crippen LogP contribution in [0.5, 0.6) is 0 Å². The molecule has 0 saturated heterocycles. The molecular formula is C17H22FNO2. The number of hydrogen-bond donors (Lipinski definition) is 1. The van der Waals surface area contributed by atoms with Gasteiger partial charge in [0.25, 0.3) is 5.91 Å². The van der Waals surface area contributed by atoms with Crippen LogP contribution in [0.4, 0.5) is 4.39 Å². The Hall–Kier alpha value is -1.86. The first-order valence-corrected chi connectivity index (χ1v) is 7.21. The van der Waals surface area contributed by atoms with Crippen molar-refractivity contribution in [3.8, 4) is 11.8 Å². The summed E-state index contributed by atoms with van der Waals surface area (Å²) in [5, 5.41) is 8.70. The molecule has 21 heavy (non-hydrogen) atoms. The van der Waals surface area contributed by atoms with Gasteiger partial charge < -0.3 is 10.0 Å². The zero-order chi connectivity index (χ0) is 15.8. The Morgan fingerprint density at radius 2 is 2.05 bits per heavy atom. The molecule has 0 aliphatic carbocycles. The van der Waals surface area contributed by atoms with Crippen molar-refractivity contribution in [2.45, 2.75) is 39.2 Å². The first kappa shape index (κ1) is 17.2. The highest BCUT2D eigenvalue weighted by Gasteiger charge is 2.21. The van der Waals surface area contributed by atoms with E-state index in [9.17, 15) is 9.18 Å². The van der Waals surface area contributed by atoms with Crippen LogP contribution in [0.25, 0.3) is 0 Å². The van der Waals surface area contributed by atoms with E-state index in [0.717, 1.165) is 12.8 Å². The third-order valence-electron chi connectivity index (χ3n) is 3.48. The minimum absolute atomic E-state index is 0.0165. The molecule has 0 bridgehead atoms. The summed E-state index contributed by atoms with van der Waals surface area (Å²) in [5.41, 5.74) is 0.617. The lowest BCUT2D eigenvalue weighted by Crippen LogP contribution is -2.36. The monoisotopic (exact) mass is 291 g/mol. The van der Waals surface area contributed by atoms with Crippen molar-refractivity contribution in [1.82, 2.24) is 4.90 Å². The van der Waals surface area contributed by atoms with Gasteiger partial charge in [0, 0.05) is 25.1 Å². The molecule has 1 amide bonds. The van der Waals surface area contributed by atoms with Crippen LogP contribution in [0, 0.1) is 17.7 Å². The predicted octanol–water partition coefficient (Wildman–Crippen LogP) is 2.82. The van der Waals surface area contributed by atoms with E-state index in [2.05, 4.69) is 11.8 Å². The molecule has 0 aliphatic rings. The molecule has 1 aromatic carbocycles. The zero-order valence-corrected chi connectivity index (χ0v) is 12.8.